The molecule has 0 aromatic heterocycles. The van der Waals surface area contributed by atoms with E-state index in [1.807, 2.05) is 6.07 Å². The van der Waals surface area contributed by atoms with Gasteiger partial charge < -0.3 is 19.5 Å². The minimum absolute atomic E-state index is 0.00217. The van der Waals surface area contributed by atoms with Crippen molar-refractivity contribution in [2.24, 2.45) is 0 Å². The first-order valence-electron chi connectivity index (χ1n) is 8.68. The minimum atomic E-state index is -2.26. The lowest BCUT2D eigenvalue weighted by molar-refractivity contribution is -0.190. The number of carbonyl (C=O) groups excluding carboxylic acids is 3. The van der Waals surface area contributed by atoms with Crippen LogP contribution in [-0.2, 0) is 23.9 Å². The number of amides is 1. The maximum atomic E-state index is 12.9. The van der Waals surface area contributed by atoms with Crippen LogP contribution < -0.4 is 0 Å². The highest BCUT2D eigenvalue weighted by Gasteiger charge is 2.72. The van der Waals surface area contributed by atoms with Crippen LogP contribution in [0.5, 0.6) is 0 Å². The van der Waals surface area contributed by atoms with Gasteiger partial charge in [0.25, 0.3) is 5.54 Å². The van der Waals surface area contributed by atoms with Gasteiger partial charge in [-0.25, -0.2) is 9.59 Å². The van der Waals surface area contributed by atoms with Gasteiger partial charge >= 0.3 is 11.9 Å². The summed E-state index contributed by atoms with van der Waals surface area (Å²) in [4.78, 5) is 39.7. The van der Waals surface area contributed by atoms with Crippen molar-refractivity contribution in [2.75, 3.05) is 13.2 Å². The van der Waals surface area contributed by atoms with Crippen LogP contribution in [0.25, 0.3) is 0 Å². The van der Waals surface area contributed by atoms with E-state index >= 15 is 0 Å². The molecule has 1 fully saturated rings. The number of aliphatic hydroxyl groups is 1. The molecule has 7 heteroatoms. The van der Waals surface area contributed by atoms with E-state index in [2.05, 4.69) is 0 Å². The largest absolute Gasteiger partial charge is 0.464 e. The lowest BCUT2D eigenvalue weighted by atomic mass is 9.80. The molecule has 0 radical (unpaired) electrons. The van der Waals surface area contributed by atoms with Crippen LogP contribution in [0.1, 0.15) is 45.7 Å². The van der Waals surface area contributed by atoms with Crippen LogP contribution in [0.4, 0.5) is 0 Å². The van der Waals surface area contributed by atoms with Gasteiger partial charge in [-0.15, -0.1) is 0 Å². The molecule has 0 spiro atoms. The van der Waals surface area contributed by atoms with Crippen molar-refractivity contribution in [2.45, 2.75) is 51.3 Å². The predicted octanol–water partition coefficient (Wildman–Crippen LogP) is 1.60. The van der Waals surface area contributed by atoms with Gasteiger partial charge in [-0.3, -0.25) is 4.79 Å². The summed E-state index contributed by atoms with van der Waals surface area (Å²) in [7, 11) is 0. The number of ether oxygens (including phenoxy) is 2. The first-order chi connectivity index (χ1) is 12.2. The molecule has 1 heterocycles. The number of rotatable bonds is 6. The third-order valence-corrected chi connectivity index (χ3v) is 4.72. The van der Waals surface area contributed by atoms with Gasteiger partial charge in [-0.2, -0.15) is 0 Å². The predicted molar refractivity (Wildman–Crippen MR) is 92.9 cm³/mol. The van der Waals surface area contributed by atoms with Gasteiger partial charge in [0.1, 0.15) is 5.60 Å². The summed E-state index contributed by atoms with van der Waals surface area (Å²) in [5.41, 5.74) is -3.51. The highest BCUT2D eigenvalue weighted by atomic mass is 16.6. The smallest absolute Gasteiger partial charge is 0.347 e. The SMILES string of the molecule is CCOC(=O)C1(C(=O)OCC)N([C@@H](C)c2ccccc2)C(=O)CC1(C)O. The fourth-order valence-electron chi connectivity index (χ4n) is 3.53. The summed E-state index contributed by atoms with van der Waals surface area (Å²) >= 11 is 0. The zero-order valence-corrected chi connectivity index (χ0v) is 15.5. The fraction of sp³-hybridized carbons (Fsp3) is 0.526. The van der Waals surface area contributed by atoms with Crippen LogP contribution in [0.2, 0.25) is 0 Å². The molecule has 0 bridgehead atoms. The molecule has 1 N–H and O–H groups in total. The summed E-state index contributed by atoms with van der Waals surface area (Å²) in [5, 5.41) is 11.0. The van der Waals surface area contributed by atoms with Crippen molar-refractivity contribution in [3.8, 4) is 0 Å². The minimum Gasteiger partial charge on any atom is -0.464 e. The van der Waals surface area contributed by atoms with Crippen molar-refractivity contribution in [1.82, 2.24) is 4.90 Å². The maximum Gasteiger partial charge on any atom is 0.347 e. The Hall–Kier alpha value is -2.41. The maximum absolute atomic E-state index is 12.9. The number of likely N-dealkylation sites (tertiary alicyclic amines) is 1. The quantitative estimate of drug-likeness (QED) is 0.609. The molecule has 1 aliphatic rings. The van der Waals surface area contributed by atoms with E-state index in [9.17, 15) is 19.5 Å². The molecule has 2 atom stereocenters. The van der Waals surface area contributed by atoms with Gasteiger partial charge in [0.2, 0.25) is 5.91 Å². The second-order valence-corrected chi connectivity index (χ2v) is 6.45. The summed E-state index contributed by atoms with van der Waals surface area (Å²) in [6, 6.07) is 8.33. The zero-order valence-electron chi connectivity index (χ0n) is 15.5. The van der Waals surface area contributed by atoms with Crippen molar-refractivity contribution < 1.29 is 29.0 Å². The molecule has 1 unspecified atom stereocenters. The number of nitrogens with zero attached hydrogens (tertiary/aromatic N) is 1. The Morgan fingerprint density at radius 3 is 2.12 bits per heavy atom. The van der Waals surface area contributed by atoms with Crippen LogP contribution in [0, 0.1) is 0 Å². The zero-order chi connectivity index (χ0) is 19.5. The molecular formula is C19H25NO6. The molecule has 1 aromatic carbocycles. The van der Waals surface area contributed by atoms with Crippen LogP contribution in [-0.4, -0.2) is 52.2 Å². The number of esters is 2. The molecule has 26 heavy (non-hydrogen) atoms. The van der Waals surface area contributed by atoms with Crippen LogP contribution >= 0.6 is 0 Å². The molecule has 1 amide bonds. The van der Waals surface area contributed by atoms with Crippen molar-refractivity contribution in [1.29, 1.82) is 0 Å². The number of hydrogen-bond acceptors (Lipinski definition) is 6. The lowest BCUT2D eigenvalue weighted by Gasteiger charge is -2.42. The standard InChI is InChI=1S/C19H25NO6/c1-5-25-16(22)19(17(23)26-6-2)18(4,24)12-15(21)20(19)13(3)14-10-8-7-9-11-14/h7-11,13,24H,5-6,12H2,1-4H3/t13-,18?/m0/s1. The number of benzene rings is 1. The van der Waals surface area contributed by atoms with E-state index in [-0.39, 0.29) is 19.6 Å². The number of hydrogen-bond donors (Lipinski definition) is 1. The van der Waals surface area contributed by atoms with E-state index in [1.54, 1.807) is 45.0 Å². The van der Waals surface area contributed by atoms with Crippen molar-refractivity contribution in [3.63, 3.8) is 0 Å². The Morgan fingerprint density at radius 1 is 1.15 bits per heavy atom. The molecule has 1 aromatic rings. The summed E-state index contributed by atoms with van der Waals surface area (Å²) < 4.78 is 10.2. The highest BCUT2D eigenvalue weighted by molar-refractivity contribution is 6.12. The van der Waals surface area contributed by atoms with Gasteiger partial charge in [0.15, 0.2) is 0 Å². The Bertz CT molecular complexity index is 667. The topological polar surface area (TPSA) is 93.1 Å². The van der Waals surface area contributed by atoms with Gasteiger partial charge in [-0.1, -0.05) is 30.3 Å². The summed E-state index contributed by atoms with van der Waals surface area (Å²) in [6.07, 6.45) is -0.387. The van der Waals surface area contributed by atoms with Gasteiger partial charge in [-0.05, 0) is 33.3 Å². The Labute approximate surface area is 152 Å². The third kappa shape index (κ3) is 2.96. The van der Waals surface area contributed by atoms with Crippen LogP contribution in [0.3, 0.4) is 0 Å². The van der Waals surface area contributed by atoms with Crippen molar-refractivity contribution in [3.05, 3.63) is 35.9 Å². The normalized spacial score (nSPS) is 22.8. The highest BCUT2D eigenvalue weighted by Crippen LogP contribution is 2.46. The summed E-state index contributed by atoms with van der Waals surface area (Å²) in [5.74, 6) is -2.50. The average Bonchev–Trinajstić information content (AvgIpc) is 2.81. The Morgan fingerprint density at radius 2 is 1.65 bits per heavy atom. The second kappa shape index (κ2) is 7.45. The lowest BCUT2D eigenvalue weighted by Crippen LogP contribution is -2.68. The van der Waals surface area contributed by atoms with Gasteiger partial charge in [0.05, 0.1) is 25.7 Å². The third-order valence-electron chi connectivity index (χ3n) is 4.72. The molecule has 1 aliphatic heterocycles. The van der Waals surface area contributed by atoms with Crippen molar-refractivity contribution >= 4 is 17.8 Å². The molecule has 1 saturated heterocycles. The monoisotopic (exact) mass is 363 g/mol. The molecule has 142 valence electrons. The summed E-state index contributed by atoms with van der Waals surface area (Å²) in [6.45, 7) is 6.16. The molecule has 0 aliphatic carbocycles. The first-order valence-corrected chi connectivity index (χ1v) is 8.68. The van der Waals surface area contributed by atoms with E-state index in [1.165, 1.54) is 6.92 Å². The average molecular weight is 363 g/mol. The Balaban J connectivity index is 2.66. The van der Waals surface area contributed by atoms with E-state index in [0.717, 1.165) is 10.5 Å². The van der Waals surface area contributed by atoms with E-state index in [4.69, 9.17) is 9.47 Å². The Kier molecular flexibility index (Phi) is 5.71. The molecule has 7 nitrogen and oxygen atoms in total. The molecular weight excluding hydrogens is 338 g/mol. The van der Waals surface area contributed by atoms with Crippen LogP contribution in [0.15, 0.2) is 30.3 Å². The van der Waals surface area contributed by atoms with Gasteiger partial charge in [0, 0.05) is 0 Å². The number of carbonyl (C=O) groups is 3. The molecule has 0 saturated carbocycles. The van der Waals surface area contributed by atoms with E-state index in [0.29, 0.717) is 0 Å². The molecule has 2 rings (SSSR count). The van der Waals surface area contributed by atoms with E-state index < -0.39 is 35.0 Å². The fourth-order valence-corrected chi connectivity index (χ4v) is 3.53. The first kappa shape index (κ1) is 19.9. The second-order valence-electron chi connectivity index (χ2n) is 6.45.